The van der Waals surface area contributed by atoms with Crippen molar-refractivity contribution in [3.63, 3.8) is 0 Å². The molecular formula is C25H34N6O6. The lowest BCUT2D eigenvalue weighted by molar-refractivity contribution is -0.141. The number of aromatic nitrogens is 3. The second-order valence-corrected chi connectivity index (χ2v) is 9.80. The van der Waals surface area contributed by atoms with Crippen molar-refractivity contribution in [1.82, 2.24) is 30.1 Å². The zero-order valence-corrected chi connectivity index (χ0v) is 21.1. The Balaban J connectivity index is 1.54. The van der Waals surface area contributed by atoms with E-state index in [1.807, 2.05) is 32.0 Å². The van der Waals surface area contributed by atoms with Gasteiger partial charge in [-0.25, -0.2) is 9.48 Å². The Labute approximate surface area is 215 Å². The van der Waals surface area contributed by atoms with E-state index in [1.165, 1.54) is 9.58 Å². The summed E-state index contributed by atoms with van der Waals surface area (Å²) in [4.78, 5) is 41.7. The number of carbonyl (C=O) groups excluding carboxylic acids is 2. The van der Waals surface area contributed by atoms with Crippen molar-refractivity contribution in [3.8, 4) is 5.69 Å². The van der Waals surface area contributed by atoms with E-state index in [4.69, 9.17) is 4.74 Å². The zero-order chi connectivity index (χ0) is 26.5. The summed E-state index contributed by atoms with van der Waals surface area (Å²) in [6.45, 7) is 5.48. The molecule has 1 unspecified atom stereocenters. The molecule has 3 heterocycles. The Hall–Kier alpha value is -3.35. The molecule has 0 bridgehead atoms. The van der Waals surface area contributed by atoms with Gasteiger partial charge in [-0.3, -0.25) is 9.59 Å². The summed E-state index contributed by atoms with van der Waals surface area (Å²) in [5, 5.41) is 31.3. The standard InChI is InChI=1S/C25H34N6O6/c1-16(2)21(23(33)22-20(15-32)31(28-27-22)19-6-4-3-5-7-19)26-18-12-17(13-30(14-18)25(35)36)24(34)29-8-10-37-11-9-29/h3-7,16-18,21,26,32H,8-15H2,1-2H3,(H,35,36)/t17-,18+,21?/m1/s1. The number of rotatable bonds is 8. The lowest BCUT2D eigenvalue weighted by atomic mass is 9.90. The summed E-state index contributed by atoms with van der Waals surface area (Å²) in [6.07, 6.45) is -0.702. The van der Waals surface area contributed by atoms with Gasteiger partial charge < -0.3 is 30.1 Å². The molecule has 2 aliphatic heterocycles. The van der Waals surface area contributed by atoms with Crippen molar-refractivity contribution in [2.45, 2.75) is 39.0 Å². The number of nitrogens with zero attached hydrogens (tertiary/aromatic N) is 5. The van der Waals surface area contributed by atoms with E-state index in [-0.39, 0.29) is 42.1 Å². The van der Waals surface area contributed by atoms with Gasteiger partial charge in [0, 0.05) is 32.2 Å². The third-order valence-electron chi connectivity index (χ3n) is 6.90. The van der Waals surface area contributed by atoms with E-state index in [1.54, 1.807) is 17.0 Å². The molecule has 0 radical (unpaired) electrons. The first-order valence-electron chi connectivity index (χ1n) is 12.6. The van der Waals surface area contributed by atoms with Gasteiger partial charge in [0.05, 0.1) is 37.5 Å². The van der Waals surface area contributed by atoms with Gasteiger partial charge in [0.15, 0.2) is 5.69 Å². The van der Waals surface area contributed by atoms with Crippen LogP contribution in [0.25, 0.3) is 5.69 Å². The number of carbonyl (C=O) groups is 3. The van der Waals surface area contributed by atoms with E-state index in [9.17, 15) is 24.6 Å². The van der Waals surface area contributed by atoms with Gasteiger partial charge >= 0.3 is 6.09 Å². The van der Waals surface area contributed by atoms with Crippen LogP contribution < -0.4 is 5.32 Å². The average molecular weight is 515 g/mol. The molecule has 12 nitrogen and oxygen atoms in total. The molecule has 2 saturated heterocycles. The number of carboxylic acid groups (broad SMARTS) is 1. The number of ether oxygens (including phenoxy) is 1. The molecule has 12 heteroatoms. The van der Waals surface area contributed by atoms with Gasteiger partial charge in [0.1, 0.15) is 5.69 Å². The number of likely N-dealkylation sites (tertiary alicyclic amines) is 1. The molecule has 2 amide bonds. The molecule has 2 fully saturated rings. The molecule has 1 aromatic carbocycles. The highest BCUT2D eigenvalue weighted by molar-refractivity contribution is 5.99. The fourth-order valence-electron chi connectivity index (χ4n) is 4.98. The maximum atomic E-state index is 13.7. The SMILES string of the molecule is CC(C)C(N[C@H]1C[C@@H](C(=O)N2CCOCC2)CN(C(=O)O)C1)C(=O)c1nnn(-c2ccccc2)c1CO. The van der Waals surface area contributed by atoms with E-state index in [0.29, 0.717) is 38.4 Å². The lowest BCUT2D eigenvalue weighted by Gasteiger charge is -2.40. The van der Waals surface area contributed by atoms with Gasteiger partial charge in [0.25, 0.3) is 0 Å². The van der Waals surface area contributed by atoms with Crippen molar-refractivity contribution in [1.29, 1.82) is 0 Å². The minimum atomic E-state index is -1.10. The Morgan fingerprint density at radius 1 is 1.11 bits per heavy atom. The van der Waals surface area contributed by atoms with Crippen LogP contribution in [0.3, 0.4) is 0 Å². The molecule has 2 aromatic rings. The largest absolute Gasteiger partial charge is 0.465 e. The quantitative estimate of drug-likeness (QED) is 0.434. The fraction of sp³-hybridized carbons (Fsp3) is 0.560. The Bertz CT molecular complexity index is 1100. The van der Waals surface area contributed by atoms with Crippen molar-refractivity contribution in [2.75, 3.05) is 39.4 Å². The zero-order valence-electron chi connectivity index (χ0n) is 21.1. The number of benzene rings is 1. The van der Waals surface area contributed by atoms with Crippen LogP contribution in [0.2, 0.25) is 0 Å². The van der Waals surface area contributed by atoms with E-state index in [0.717, 1.165) is 0 Å². The highest BCUT2D eigenvalue weighted by Crippen LogP contribution is 2.23. The topological polar surface area (TPSA) is 150 Å². The van der Waals surface area contributed by atoms with Gasteiger partial charge in [-0.15, -0.1) is 5.10 Å². The van der Waals surface area contributed by atoms with E-state index < -0.39 is 30.7 Å². The number of aliphatic hydroxyl groups excluding tert-OH is 1. The Morgan fingerprint density at radius 3 is 2.43 bits per heavy atom. The summed E-state index contributed by atoms with van der Waals surface area (Å²) in [7, 11) is 0. The van der Waals surface area contributed by atoms with Crippen LogP contribution in [-0.4, -0.2) is 104 Å². The molecule has 37 heavy (non-hydrogen) atoms. The number of piperidine rings is 1. The van der Waals surface area contributed by atoms with Crippen molar-refractivity contribution in [2.24, 2.45) is 11.8 Å². The van der Waals surface area contributed by atoms with Gasteiger partial charge in [-0.05, 0) is 24.5 Å². The molecule has 0 spiro atoms. The summed E-state index contributed by atoms with van der Waals surface area (Å²) in [6, 6.07) is 7.96. The molecule has 3 N–H and O–H groups in total. The predicted molar refractivity (Wildman–Crippen MR) is 132 cm³/mol. The molecule has 1 aromatic heterocycles. The van der Waals surface area contributed by atoms with Gasteiger partial charge in [-0.1, -0.05) is 37.3 Å². The summed E-state index contributed by atoms with van der Waals surface area (Å²) >= 11 is 0. The molecule has 3 atom stereocenters. The van der Waals surface area contributed by atoms with Gasteiger partial charge in [0.2, 0.25) is 11.7 Å². The van der Waals surface area contributed by atoms with E-state index in [2.05, 4.69) is 15.6 Å². The maximum Gasteiger partial charge on any atom is 0.407 e. The maximum absolute atomic E-state index is 13.7. The Kier molecular flexibility index (Phi) is 8.52. The molecule has 0 aliphatic carbocycles. The highest BCUT2D eigenvalue weighted by atomic mass is 16.5. The molecule has 4 rings (SSSR count). The van der Waals surface area contributed by atoms with Crippen molar-refractivity contribution >= 4 is 17.8 Å². The minimum absolute atomic E-state index is 0.0596. The normalized spacial score (nSPS) is 21.2. The average Bonchev–Trinajstić information content (AvgIpc) is 3.36. The highest BCUT2D eigenvalue weighted by Gasteiger charge is 2.39. The van der Waals surface area contributed by atoms with Crippen LogP contribution in [0.15, 0.2) is 30.3 Å². The van der Waals surface area contributed by atoms with Crippen LogP contribution in [-0.2, 0) is 16.1 Å². The number of morpholine rings is 1. The number of hydrogen-bond acceptors (Lipinski definition) is 8. The third kappa shape index (κ3) is 5.97. The monoisotopic (exact) mass is 514 g/mol. The van der Waals surface area contributed by atoms with Gasteiger partial charge in [-0.2, -0.15) is 0 Å². The number of aliphatic hydroxyl groups is 1. The number of para-hydroxylation sites is 1. The number of amides is 2. The lowest BCUT2D eigenvalue weighted by Crippen LogP contribution is -2.58. The fourth-order valence-corrected chi connectivity index (χ4v) is 4.98. The van der Waals surface area contributed by atoms with Crippen molar-refractivity contribution in [3.05, 3.63) is 41.7 Å². The van der Waals surface area contributed by atoms with Crippen LogP contribution >= 0.6 is 0 Å². The third-order valence-corrected chi connectivity index (χ3v) is 6.90. The smallest absolute Gasteiger partial charge is 0.407 e. The number of Topliss-reactive ketones (excluding diaryl/α,β-unsaturated/α-hetero) is 1. The summed E-state index contributed by atoms with van der Waals surface area (Å²) < 4.78 is 6.77. The predicted octanol–water partition coefficient (Wildman–Crippen LogP) is 0.784. The molecule has 2 aliphatic rings. The number of ketones is 1. The number of hydrogen-bond donors (Lipinski definition) is 3. The molecular weight excluding hydrogens is 480 g/mol. The second-order valence-electron chi connectivity index (χ2n) is 9.80. The second kappa shape index (κ2) is 11.8. The van der Waals surface area contributed by atoms with Crippen LogP contribution in [0.5, 0.6) is 0 Å². The summed E-state index contributed by atoms with van der Waals surface area (Å²) in [5.74, 6) is -1.13. The van der Waals surface area contributed by atoms with Crippen molar-refractivity contribution < 1.29 is 29.3 Å². The Morgan fingerprint density at radius 2 is 1.81 bits per heavy atom. The van der Waals surface area contributed by atoms with Crippen LogP contribution in [0.4, 0.5) is 4.79 Å². The summed E-state index contributed by atoms with van der Waals surface area (Å²) in [5.41, 5.74) is 1.00. The first-order chi connectivity index (χ1) is 17.8. The number of nitrogens with one attached hydrogen (secondary N) is 1. The minimum Gasteiger partial charge on any atom is -0.465 e. The van der Waals surface area contributed by atoms with Crippen LogP contribution in [0.1, 0.15) is 36.5 Å². The first kappa shape index (κ1) is 26.7. The molecule has 200 valence electrons. The molecule has 0 saturated carbocycles. The van der Waals surface area contributed by atoms with Crippen LogP contribution in [0, 0.1) is 11.8 Å². The van der Waals surface area contributed by atoms with E-state index >= 15 is 0 Å². The first-order valence-corrected chi connectivity index (χ1v) is 12.6.